The molecule has 0 amide bonds. The van der Waals surface area contributed by atoms with Crippen molar-refractivity contribution in [2.75, 3.05) is 6.61 Å². The van der Waals surface area contributed by atoms with Gasteiger partial charge in [0.1, 0.15) is 5.69 Å². The van der Waals surface area contributed by atoms with Crippen LogP contribution in [-0.4, -0.2) is 26.9 Å². The summed E-state index contributed by atoms with van der Waals surface area (Å²) in [5, 5.41) is 5.50. The largest absolute Gasteiger partial charge is 0.463 e. The number of rotatable bonds is 6. The van der Waals surface area contributed by atoms with Crippen LogP contribution in [0.5, 0.6) is 0 Å². The average Bonchev–Trinajstić information content (AvgIpc) is 3.54. The zero-order valence-electron chi connectivity index (χ0n) is 23.2. The van der Waals surface area contributed by atoms with Crippen LogP contribution in [0, 0.1) is 6.92 Å². The van der Waals surface area contributed by atoms with Crippen LogP contribution in [0.4, 0.5) is 0 Å². The Balaban J connectivity index is 1.56. The number of carbonyl (C=O) groups is 1. The highest BCUT2D eigenvalue weighted by Crippen LogP contribution is 2.31. The molecule has 0 saturated carbocycles. The number of fused-ring (bicyclic) bond motifs is 1. The third-order valence-corrected chi connectivity index (χ3v) is 8.31. The van der Waals surface area contributed by atoms with Crippen molar-refractivity contribution >= 4 is 35.0 Å². The number of hydrogen-bond donors (Lipinski definition) is 0. The summed E-state index contributed by atoms with van der Waals surface area (Å²) in [6.07, 6.45) is 3.75. The Bertz CT molecular complexity index is 2000. The molecule has 1 unspecified atom stereocenters. The van der Waals surface area contributed by atoms with E-state index in [1.54, 1.807) is 23.1 Å². The van der Waals surface area contributed by atoms with Crippen molar-refractivity contribution in [1.29, 1.82) is 0 Å². The third-order valence-electron chi connectivity index (χ3n) is 7.08. The maximum atomic E-state index is 14.1. The maximum absolute atomic E-state index is 14.1. The maximum Gasteiger partial charge on any atom is 0.338 e. The van der Waals surface area contributed by atoms with Crippen LogP contribution in [-0.2, 0) is 9.53 Å². The van der Waals surface area contributed by atoms with Crippen LogP contribution >= 0.6 is 22.9 Å². The van der Waals surface area contributed by atoms with Crippen LogP contribution in [0.2, 0.25) is 5.02 Å². The Morgan fingerprint density at radius 3 is 2.43 bits per heavy atom. The van der Waals surface area contributed by atoms with Gasteiger partial charge in [0.15, 0.2) is 4.80 Å². The first-order valence-electron chi connectivity index (χ1n) is 13.5. The van der Waals surface area contributed by atoms with Crippen molar-refractivity contribution in [3.63, 3.8) is 0 Å². The Morgan fingerprint density at radius 1 is 1.02 bits per heavy atom. The molecule has 7 nitrogen and oxygen atoms in total. The van der Waals surface area contributed by atoms with Gasteiger partial charge in [0.05, 0.1) is 34.1 Å². The van der Waals surface area contributed by atoms with Crippen molar-refractivity contribution in [2.45, 2.75) is 26.8 Å². The van der Waals surface area contributed by atoms with Gasteiger partial charge in [0.25, 0.3) is 5.56 Å². The first kappa shape index (κ1) is 27.6. The van der Waals surface area contributed by atoms with E-state index < -0.39 is 12.0 Å². The van der Waals surface area contributed by atoms with Gasteiger partial charge in [-0.2, -0.15) is 5.10 Å². The van der Waals surface area contributed by atoms with E-state index in [1.165, 1.54) is 11.3 Å². The molecule has 0 spiro atoms. The number of halogens is 1. The number of aromatic nitrogens is 3. The summed E-state index contributed by atoms with van der Waals surface area (Å²) in [6, 6.07) is 24.4. The highest BCUT2D eigenvalue weighted by molar-refractivity contribution is 7.07. The van der Waals surface area contributed by atoms with Crippen molar-refractivity contribution < 1.29 is 9.53 Å². The van der Waals surface area contributed by atoms with Crippen molar-refractivity contribution in [3.8, 4) is 16.9 Å². The fraction of sp³-hybridized carbons (Fsp3) is 0.152. The standard InChI is InChI=1S/C33H27ClN4O3S/c1-4-41-32(40)28-21(3)35-33-38(30(28)23-12-10-20(2)11-13-23)31(39)27(42-33)18-24-19-37(26-8-6-5-7-9-26)36-29(24)22-14-16-25(34)17-15-22/h5-19,30H,4H2,1-3H3/b27-18+. The van der Waals surface area contributed by atoms with Crippen molar-refractivity contribution in [3.05, 3.63) is 138 Å². The zero-order valence-corrected chi connectivity index (χ0v) is 24.8. The minimum atomic E-state index is -0.661. The van der Waals surface area contributed by atoms with Gasteiger partial charge in [-0.3, -0.25) is 9.36 Å². The molecule has 0 saturated heterocycles. The number of thiazole rings is 1. The fourth-order valence-corrected chi connectivity index (χ4v) is 6.20. The van der Waals surface area contributed by atoms with E-state index in [2.05, 4.69) is 0 Å². The lowest BCUT2D eigenvalue weighted by Gasteiger charge is -2.24. The molecular formula is C33H27ClN4O3S. The van der Waals surface area contributed by atoms with Crippen LogP contribution < -0.4 is 14.9 Å². The number of hydrogen-bond acceptors (Lipinski definition) is 6. The van der Waals surface area contributed by atoms with E-state index in [0.717, 1.165) is 27.9 Å². The molecule has 9 heteroatoms. The van der Waals surface area contributed by atoms with Gasteiger partial charge in [-0.1, -0.05) is 83.1 Å². The van der Waals surface area contributed by atoms with Gasteiger partial charge < -0.3 is 4.74 Å². The molecule has 5 aromatic rings. The molecule has 0 aliphatic carbocycles. The second kappa shape index (κ2) is 11.4. The average molecular weight is 595 g/mol. The Labute approximate surface area is 251 Å². The summed E-state index contributed by atoms with van der Waals surface area (Å²) in [5.74, 6) is -0.479. The predicted octanol–water partition coefficient (Wildman–Crippen LogP) is 5.61. The molecule has 0 N–H and O–H groups in total. The molecule has 1 atom stereocenters. The lowest BCUT2D eigenvalue weighted by molar-refractivity contribution is -0.139. The molecule has 0 radical (unpaired) electrons. The van der Waals surface area contributed by atoms with Gasteiger partial charge in [0, 0.05) is 22.3 Å². The van der Waals surface area contributed by atoms with E-state index in [0.29, 0.717) is 31.3 Å². The molecule has 0 bridgehead atoms. The summed E-state index contributed by atoms with van der Waals surface area (Å²) < 4.78 is 9.28. The summed E-state index contributed by atoms with van der Waals surface area (Å²) in [4.78, 5) is 32.5. The molecule has 3 aromatic carbocycles. The first-order valence-corrected chi connectivity index (χ1v) is 14.7. The molecular weight excluding hydrogens is 568 g/mol. The monoisotopic (exact) mass is 594 g/mol. The number of carbonyl (C=O) groups excluding carboxylic acids is 1. The molecule has 210 valence electrons. The van der Waals surface area contributed by atoms with E-state index in [-0.39, 0.29) is 12.2 Å². The second-order valence-electron chi connectivity index (χ2n) is 9.93. The third kappa shape index (κ3) is 5.15. The van der Waals surface area contributed by atoms with E-state index in [1.807, 2.05) is 98.1 Å². The predicted molar refractivity (Wildman–Crippen MR) is 166 cm³/mol. The van der Waals surface area contributed by atoms with Crippen LogP contribution in [0.1, 0.15) is 36.6 Å². The SMILES string of the molecule is CCOC(=O)C1=C(C)N=c2s/c(=C/c3cn(-c4ccccc4)nc3-c3ccc(Cl)cc3)c(=O)n2C1c1ccc(C)cc1. The quantitative estimate of drug-likeness (QED) is 0.239. The first-order chi connectivity index (χ1) is 20.3. The summed E-state index contributed by atoms with van der Waals surface area (Å²) in [7, 11) is 0. The Morgan fingerprint density at radius 2 is 1.74 bits per heavy atom. The molecule has 6 rings (SSSR count). The number of nitrogens with zero attached hydrogens (tertiary/aromatic N) is 4. The molecule has 0 fully saturated rings. The summed E-state index contributed by atoms with van der Waals surface area (Å²) >= 11 is 7.45. The van der Waals surface area contributed by atoms with Gasteiger partial charge in [-0.15, -0.1) is 0 Å². The number of benzene rings is 3. The van der Waals surface area contributed by atoms with Crippen molar-refractivity contribution in [1.82, 2.24) is 14.3 Å². The Kier molecular flexibility index (Phi) is 7.49. The second-order valence-corrected chi connectivity index (χ2v) is 11.4. The minimum Gasteiger partial charge on any atom is -0.463 e. The number of ether oxygens (including phenoxy) is 1. The lowest BCUT2D eigenvalue weighted by atomic mass is 9.95. The Hall–Kier alpha value is -4.53. The number of allylic oxidation sites excluding steroid dienone is 1. The number of aryl methyl sites for hydroxylation is 1. The van der Waals surface area contributed by atoms with Crippen LogP contribution in [0.3, 0.4) is 0 Å². The molecule has 1 aliphatic rings. The van der Waals surface area contributed by atoms with Gasteiger partial charge >= 0.3 is 5.97 Å². The van der Waals surface area contributed by atoms with Gasteiger partial charge in [0.2, 0.25) is 0 Å². The van der Waals surface area contributed by atoms with Crippen LogP contribution in [0.15, 0.2) is 106 Å². The van der Waals surface area contributed by atoms with E-state index in [4.69, 9.17) is 26.4 Å². The number of para-hydroxylation sites is 1. The number of esters is 1. The normalized spacial score (nSPS) is 15.0. The molecule has 42 heavy (non-hydrogen) atoms. The van der Waals surface area contributed by atoms with Gasteiger partial charge in [-0.05, 0) is 56.7 Å². The lowest BCUT2D eigenvalue weighted by Crippen LogP contribution is -2.39. The highest BCUT2D eigenvalue weighted by Gasteiger charge is 2.33. The topological polar surface area (TPSA) is 78.5 Å². The minimum absolute atomic E-state index is 0.222. The molecule has 2 aromatic heterocycles. The van der Waals surface area contributed by atoms with E-state index in [9.17, 15) is 9.59 Å². The highest BCUT2D eigenvalue weighted by atomic mass is 35.5. The summed E-state index contributed by atoms with van der Waals surface area (Å²) in [6.45, 7) is 5.76. The van der Waals surface area contributed by atoms with Crippen molar-refractivity contribution in [2.24, 2.45) is 4.99 Å². The zero-order chi connectivity index (χ0) is 29.4. The molecule has 1 aliphatic heterocycles. The molecule has 3 heterocycles. The summed E-state index contributed by atoms with van der Waals surface area (Å²) in [5.41, 5.74) is 5.77. The fourth-order valence-electron chi connectivity index (χ4n) is 5.03. The van der Waals surface area contributed by atoms with E-state index >= 15 is 0 Å². The van der Waals surface area contributed by atoms with Gasteiger partial charge in [-0.25, -0.2) is 14.5 Å². The van der Waals surface area contributed by atoms with Crippen LogP contribution in [0.25, 0.3) is 23.0 Å². The smallest absolute Gasteiger partial charge is 0.338 e.